The average molecular weight is 418 g/mol. The molecule has 0 N–H and O–H groups in total. The normalized spacial score (nSPS) is 11.3. The summed E-state index contributed by atoms with van der Waals surface area (Å²) in [5, 5.41) is 2.65. The van der Waals surface area contributed by atoms with E-state index in [1.54, 1.807) is 0 Å². The predicted octanol–water partition coefficient (Wildman–Crippen LogP) is 7.25. The van der Waals surface area contributed by atoms with Gasteiger partial charge in [0.05, 0.1) is 4.70 Å². The molecule has 21 heavy (non-hydrogen) atoms. The fraction of sp³-hybridized carbons (Fsp3) is 0. The lowest BCUT2D eigenvalue weighted by Gasteiger charge is -2.08. The molecule has 0 nitrogen and oxygen atoms in total. The molecule has 0 aliphatic rings. The summed E-state index contributed by atoms with van der Waals surface area (Å²) in [6.07, 6.45) is 0. The maximum absolute atomic E-state index is 3.82. The van der Waals surface area contributed by atoms with E-state index in [1.807, 2.05) is 17.4 Å². The molecule has 0 amide bonds. The van der Waals surface area contributed by atoms with Gasteiger partial charge in [-0.2, -0.15) is 0 Å². The van der Waals surface area contributed by atoms with Crippen molar-refractivity contribution in [3.63, 3.8) is 0 Å². The van der Waals surface area contributed by atoms with E-state index in [4.69, 9.17) is 0 Å². The Morgan fingerprint density at radius 3 is 2.29 bits per heavy atom. The highest BCUT2D eigenvalue weighted by Gasteiger charge is 2.13. The summed E-state index contributed by atoms with van der Waals surface area (Å²) < 4.78 is 4.93. The van der Waals surface area contributed by atoms with Gasteiger partial charge in [-0.25, -0.2) is 0 Å². The third-order valence-electron chi connectivity index (χ3n) is 3.65. The Hall–Kier alpha value is -1.16. The molecular formula is C18H10Br2S. The molecule has 4 rings (SSSR count). The monoisotopic (exact) mass is 416 g/mol. The Morgan fingerprint density at radius 2 is 1.43 bits per heavy atom. The Balaban J connectivity index is 2.07. The molecule has 1 heterocycles. The van der Waals surface area contributed by atoms with Crippen molar-refractivity contribution < 1.29 is 0 Å². The lowest BCUT2D eigenvalue weighted by atomic mass is 10.0. The highest BCUT2D eigenvalue weighted by Crippen LogP contribution is 2.43. The molecule has 0 aliphatic carbocycles. The van der Waals surface area contributed by atoms with Gasteiger partial charge in [-0.3, -0.25) is 0 Å². The van der Waals surface area contributed by atoms with Crippen LogP contribution in [0.5, 0.6) is 0 Å². The molecule has 1 aromatic heterocycles. The molecular weight excluding hydrogens is 408 g/mol. The first-order valence-electron chi connectivity index (χ1n) is 6.60. The lowest BCUT2D eigenvalue weighted by molar-refractivity contribution is 1.59. The zero-order chi connectivity index (χ0) is 14.4. The van der Waals surface area contributed by atoms with Crippen LogP contribution in [0.2, 0.25) is 0 Å². The van der Waals surface area contributed by atoms with Gasteiger partial charge in [0.25, 0.3) is 0 Å². The van der Waals surface area contributed by atoms with Gasteiger partial charge in [0, 0.05) is 24.4 Å². The number of hydrogen-bond acceptors (Lipinski definition) is 1. The minimum atomic E-state index is 1.12. The number of rotatable bonds is 1. The van der Waals surface area contributed by atoms with Crippen LogP contribution in [0.3, 0.4) is 0 Å². The average Bonchev–Trinajstić information content (AvgIpc) is 2.89. The molecule has 4 aromatic rings. The van der Waals surface area contributed by atoms with Crippen molar-refractivity contribution in [1.29, 1.82) is 0 Å². The highest BCUT2D eigenvalue weighted by molar-refractivity contribution is 9.11. The van der Waals surface area contributed by atoms with Gasteiger partial charge in [0.2, 0.25) is 0 Å². The van der Waals surface area contributed by atoms with Crippen LogP contribution in [-0.2, 0) is 0 Å². The number of benzene rings is 3. The van der Waals surface area contributed by atoms with E-state index in [9.17, 15) is 0 Å². The van der Waals surface area contributed by atoms with E-state index >= 15 is 0 Å². The Morgan fingerprint density at radius 1 is 0.667 bits per heavy atom. The van der Waals surface area contributed by atoms with E-state index in [1.165, 1.54) is 35.8 Å². The Labute approximate surface area is 143 Å². The lowest BCUT2D eigenvalue weighted by Crippen LogP contribution is -1.81. The van der Waals surface area contributed by atoms with Crippen molar-refractivity contribution >= 4 is 63.4 Å². The molecule has 0 saturated carbocycles. The summed E-state index contributed by atoms with van der Waals surface area (Å²) in [7, 11) is 0. The van der Waals surface area contributed by atoms with E-state index in [2.05, 4.69) is 86.5 Å². The first-order valence-corrected chi connectivity index (χ1v) is 9.00. The SMILES string of the molecule is Brc1ccccc1-c1ccc2c(sc3ccccc32)c1Br. The zero-order valence-electron chi connectivity index (χ0n) is 10.9. The fourth-order valence-corrected chi connectivity index (χ4v) is 5.09. The van der Waals surface area contributed by atoms with E-state index in [-0.39, 0.29) is 0 Å². The van der Waals surface area contributed by atoms with Crippen molar-refractivity contribution in [3.05, 3.63) is 69.6 Å². The second-order valence-electron chi connectivity index (χ2n) is 4.88. The van der Waals surface area contributed by atoms with Crippen molar-refractivity contribution in [2.45, 2.75) is 0 Å². The quantitative estimate of drug-likeness (QED) is 0.306. The minimum absolute atomic E-state index is 1.12. The van der Waals surface area contributed by atoms with Crippen LogP contribution < -0.4 is 0 Å². The van der Waals surface area contributed by atoms with Gasteiger partial charge < -0.3 is 0 Å². The fourth-order valence-electron chi connectivity index (χ4n) is 2.64. The molecule has 0 aliphatic heterocycles. The van der Waals surface area contributed by atoms with Crippen molar-refractivity contribution in [3.8, 4) is 11.1 Å². The molecule has 0 fully saturated rings. The second-order valence-corrected chi connectivity index (χ2v) is 7.58. The summed E-state index contributed by atoms with van der Waals surface area (Å²) in [6.45, 7) is 0. The van der Waals surface area contributed by atoms with Gasteiger partial charge in [-0.1, -0.05) is 64.5 Å². The molecule has 0 saturated heterocycles. The summed E-state index contributed by atoms with van der Waals surface area (Å²) >= 11 is 9.31. The van der Waals surface area contributed by atoms with Crippen LogP contribution in [0.15, 0.2) is 69.6 Å². The zero-order valence-corrected chi connectivity index (χ0v) is 14.9. The van der Waals surface area contributed by atoms with E-state index < -0.39 is 0 Å². The summed E-state index contributed by atoms with van der Waals surface area (Å²) in [6, 6.07) is 21.3. The minimum Gasteiger partial charge on any atom is -0.134 e. The molecule has 3 aromatic carbocycles. The summed E-state index contributed by atoms with van der Waals surface area (Å²) in [4.78, 5) is 0. The topological polar surface area (TPSA) is 0 Å². The van der Waals surface area contributed by atoms with Crippen molar-refractivity contribution in [2.24, 2.45) is 0 Å². The van der Waals surface area contributed by atoms with E-state index in [0.717, 1.165) is 4.47 Å². The summed E-state index contributed by atoms with van der Waals surface area (Å²) in [5.74, 6) is 0. The summed E-state index contributed by atoms with van der Waals surface area (Å²) in [5.41, 5.74) is 2.44. The van der Waals surface area contributed by atoms with Crippen LogP contribution in [0.4, 0.5) is 0 Å². The van der Waals surface area contributed by atoms with Gasteiger partial charge in [0.15, 0.2) is 0 Å². The predicted molar refractivity (Wildman–Crippen MR) is 100 cm³/mol. The van der Waals surface area contributed by atoms with E-state index in [0.29, 0.717) is 0 Å². The van der Waals surface area contributed by atoms with Crippen LogP contribution in [-0.4, -0.2) is 0 Å². The largest absolute Gasteiger partial charge is 0.134 e. The maximum atomic E-state index is 3.82. The third kappa shape index (κ3) is 2.15. The van der Waals surface area contributed by atoms with Crippen LogP contribution in [0.1, 0.15) is 0 Å². The Kier molecular flexibility index (Phi) is 3.37. The van der Waals surface area contributed by atoms with Crippen LogP contribution in [0, 0.1) is 0 Å². The molecule has 102 valence electrons. The number of fused-ring (bicyclic) bond motifs is 3. The molecule has 0 spiro atoms. The molecule has 0 bridgehead atoms. The maximum Gasteiger partial charge on any atom is 0.0503 e. The smallest absolute Gasteiger partial charge is 0.0503 e. The Bertz CT molecular complexity index is 969. The molecule has 0 unspecified atom stereocenters. The molecule has 3 heteroatoms. The molecule has 0 atom stereocenters. The standard InChI is InChI=1S/C18H10Br2S/c19-15-7-3-1-5-11(15)13-9-10-14-12-6-2-4-8-16(12)21-18(14)17(13)20/h1-10H. The van der Waals surface area contributed by atoms with Crippen molar-refractivity contribution in [2.75, 3.05) is 0 Å². The highest BCUT2D eigenvalue weighted by atomic mass is 79.9. The van der Waals surface area contributed by atoms with Gasteiger partial charge in [-0.05, 0) is 39.2 Å². The number of hydrogen-bond donors (Lipinski definition) is 0. The van der Waals surface area contributed by atoms with Gasteiger partial charge in [0.1, 0.15) is 0 Å². The first-order chi connectivity index (χ1) is 10.3. The molecule has 0 radical (unpaired) electrons. The number of halogens is 2. The van der Waals surface area contributed by atoms with Crippen LogP contribution >= 0.6 is 43.2 Å². The third-order valence-corrected chi connectivity index (χ3v) is 6.63. The van der Waals surface area contributed by atoms with Gasteiger partial charge in [-0.15, -0.1) is 11.3 Å². The number of thiophene rings is 1. The van der Waals surface area contributed by atoms with Crippen molar-refractivity contribution in [1.82, 2.24) is 0 Å². The van der Waals surface area contributed by atoms with Crippen LogP contribution in [0.25, 0.3) is 31.3 Å². The first kappa shape index (κ1) is 13.5. The van der Waals surface area contributed by atoms with Gasteiger partial charge >= 0.3 is 0 Å². The second kappa shape index (κ2) is 5.24.